The van der Waals surface area contributed by atoms with Crippen LogP contribution in [0, 0.1) is 10.1 Å². The Morgan fingerprint density at radius 1 is 1.00 bits per heavy atom. The number of hydrogen-bond acceptors (Lipinski definition) is 8. The van der Waals surface area contributed by atoms with E-state index in [4.69, 9.17) is 14.2 Å². The molecule has 0 fully saturated rings. The summed E-state index contributed by atoms with van der Waals surface area (Å²) < 4.78 is 44.5. The lowest BCUT2D eigenvalue weighted by atomic mass is 10.1. The maximum atomic E-state index is 13.7. The van der Waals surface area contributed by atoms with Crippen LogP contribution in [0.1, 0.15) is 11.1 Å². The minimum Gasteiger partial charge on any atom is -0.497 e. The predicted octanol–water partition coefficient (Wildman–Crippen LogP) is 3.56. The molecule has 3 aromatic carbocycles. The number of H-pyrrole nitrogens is 1. The third-order valence-electron chi connectivity index (χ3n) is 5.96. The molecular weight excluding hydrogens is 502 g/mol. The van der Waals surface area contributed by atoms with E-state index in [0.29, 0.717) is 33.7 Å². The maximum Gasteiger partial charge on any atom is 0.269 e. The van der Waals surface area contributed by atoms with E-state index in [1.54, 1.807) is 42.5 Å². The first-order chi connectivity index (χ1) is 17.7. The van der Waals surface area contributed by atoms with E-state index in [-0.39, 0.29) is 36.0 Å². The van der Waals surface area contributed by atoms with Gasteiger partial charge < -0.3 is 19.2 Å². The Morgan fingerprint density at radius 3 is 2.49 bits per heavy atom. The van der Waals surface area contributed by atoms with Crippen LogP contribution in [0.3, 0.4) is 0 Å². The molecular formula is C25H21N3O8S. The first kappa shape index (κ1) is 24.3. The smallest absolute Gasteiger partial charge is 0.269 e. The molecule has 1 aliphatic heterocycles. The molecule has 0 radical (unpaired) electrons. The number of pyridine rings is 1. The number of ether oxygens (including phenoxy) is 3. The van der Waals surface area contributed by atoms with E-state index >= 15 is 0 Å². The number of fused-ring (bicyclic) bond motifs is 2. The van der Waals surface area contributed by atoms with Crippen molar-refractivity contribution in [3.8, 4) is 17.2 Å². The molecule has 1 aliphatic rings. The van der Waals surface area contributed by atoms with Gasteiger partial charge in [-0.15, -0.1) is 0 Å². The second-order valence-electron chi connectivity index (χ2n) is 8.29. The van der Waals surface area contributed by atoms with Crippen molar-refractivity contribution < 1.29 is 27.6 Å². The fourth-order valence-electron chi connectivity index (χ4n) is 4.02. The number of benzene rings is 3. The Balaban J connectivity index is 1.54. The zero-order chi connectivity index (χ0) is 26.2. The molecule has 1 aromatic heterocycles. The molecule has 1 N–H and O–H groups in total. The summed E-state index contributed by atoms with van der Waals surface area (Å²) >= 11 is 0. The fraction of sp³-hybridized carbons (Fsp3) is 0.160. The lowest BCUT2D eigenvalue weighted by molar-refractivity contribution is -0.384. The third kappa shape index (κ3) is 4.84. The van der Waals surface area contributed by atoms with Gasteiger partial charge in [-0.1, -0.05) is 6.07 Å². The van der Waals surface area contributed by atoms with Crippen LogP contribution in [0.25, 0.3) is 10.9 Å². The highest BCUT2D eigenvalue weighted by Gasteiger charge is 2.27. The Bertz CT molecular complexity index is 1670. The molecule has 0 saturated heterocycles. The third-order valence-corrected chi connectivity index (χ3v) is 7.76. The van der Waals surface area contributed by atoms with Gasteiger partial charge in [0.25, 0.3) is 11.2 Å². The standard InChI is InChI=1S/C25H21N3O8S/c1-34-20-6-3-17-11-18(25(29)26-22(17)12-20)14-27(13-16-2-9-23-24(10-16)36-15-35-23)37(32,33)21-7-4-19(5-8-21)28(30)31/h2-12H,13-15H2,1H3,(H,26,29). The van der Waals surface area contributed by atoms with Crippen molar-refractivity contribution in [2.45, 2.75) is 18.0 Å². The molecule has 0 unspecified atom stereocenters. The summed E-state index contributed by atoms with van der Waals surface area (Å²) in [6.45, 7) is -0.262. The number of non-ortho nitro benzene ring substituents is 1. The van der Waals surface area contributed by atoms with E-state index in [9.17, 15) is 23.3 Å². The average Bonchev–Trinajstić information content (AvgIpc) is 3.36. The largest absolute Gasteiger partial charge is 0.497 e. The van der Waals surface area contributed by atoms with Crippen LogP contribution in [0.2, 0.25) is 0 Å². The summed E-state index contributed by atoms with van der Waals surface area (Å²) in [4.78, 5) is 26.0. The van der Waals surface area contributed by atoms with Gasteiger partial charge in [0.2, 0.25) is 16.8 Å². The molecule has 4 aromatic rings. The van der Waals surface area contributed by atoms with Crippen molar-refractivity contribution in [1.29, 1.82) is 0 Å². The topological polar surface area (TPSA) is 141 Å². The minimum absolute atomic E-state index is 0.0703. The second-order valence-corrected chi connectivity index (χ2v) is 10.2. The van der Waals surface area contributed by atoms with Crippen LogP contribution in [0.15, 0.2) is 76.4 Å². The number of sulfonamides is 1. The molecule has 0 amide bonds. The van der Waals surface area contributed by atoms with Crippen molar-refractivity contribution in [2.24, 2.45) is 0 Å². The van der Waals surface area contributed by atoms with E-state index in [0.717, 1.165) is 16.4 Å². The molecule has 12 heteroatoms. The number of rotatable bonds is 8. The number of nitro benzene ring substituents is 1. The maximum absolute atomic E-state index is 13.7. The molecule has 0 saturated carbocycles. The Hall–Kier alpha value is -4.42. The molecule has 0 bridgehead atoms. The first-order valence-corrected chi connectivity index (χ1v) is 12.5. The van der Waals surface area contributed by atoms with Gasteiger partial charge in [-0.25, -0.2) is 8.42 Å². The lowest BCUT2D eigenvalue weighted by Crippen LogP contribution is -2.32. The van der Waals surface area contributed by atoms with Crippen molar-refractivity contribution in [2.75, 3.05) is 13.9 Å². The number of aromatic nitrogens is 1. The zero-order valence-corrected chi connectivity index (χ0v) is 20.4. The fourth-order valence-corrected chi connectivity index (χ4v) is 5.42. The number of methoxy groups -OCH3 is 1. The second kappa shape index (κ2) is 9.56. The number of nitrogens with one attached hydrogen (secondary N) is 1. The molecule has 5 rings (SSSR count). The lowest BCUT2D eigenvalue weighted by Gasteiger charge is -2.22. The molecule has 37 heavy (non-hydrogen) atoms. The number of aromatic amines is 1. The average molecular weight is 524 g/mol. The Morgan fingerprint density at radius 2 is 1.76 bits per heavy atom. The van der Waals surface area contributed by atoms with E-state index in [1.807, 2.05) is 0 Å². The summed E-state index contributed by atoms with van der Waals surface area (Å²) in [6, 6.07) is 16.5. The summed E-state index contributed by atoms with van der Waals surface area (Å²) in [6.07, 6.45) is 0. The molecule has 190 valence electrons. The highest BCUT2D eigenvalue weighted by Crippen LogP contribution is 2.33. The monoisotopic (exact) mass is 523 g/mol. The van der Waals surface area contributed by atoms with Crippen LogP contribution < -0.4 is 19.8 Å². The van der Waals surface area contributed by atoms with Crippen LogP contribution in [0.5, 0.6) is 17.2 Å². The minimum atomic E-state index is -4.17. The van der Waals surface area contributed by atoms with Gasteiger partial charge in [0.05, 0.1) is 22.4 Å². The summed E-state index contributed by atoms with van der Waals surface area (Å²) in [7, 11) is -2.65. The predicted molar refractivity (Wildman–Crippen MR) is 133 cm³/mol. The van der Waals surface area contributed by atoms with Crippen molar-refractivity contribution in [1.82, 2.24) is 9.29 Å². The Kier molecular flexibility index (Phi) is 6.27. The molecule has 0 spiro atoms. The van der Waals surface area contributed by atoms with E-state index in [2.05, 4.69) is 4.98 Å². The number of nitrogens with zero attached hydrogens (tertiary/aromatic N) is 2. The van der Waals surface area contributed by atoms with Gasteiger partial charge in [-0.05, 0) is 53.4 Å². The van der Waals surface area contributed by atoms with Crippen LogP contribution in [-0.2, 0) is 23.1 Å². The van der Waals surface area contributed by atoms with Gasteiger partial charge >= 0.3 is 0 Å². The highest BCUT2D eigenvalue weighted by atomic mass is 32.2. The zero-order valence-electron chi connectivity index (χ0n) is 19.5. The highest BCUT2D eigenvalue weighted by molar-refractivity contribution is 7.89. The van der Waals surface area contributed by atoms with Crippen LogP contribution >= 0.6 is 0 Å². The molecule has 2 heterocycles. The van der Waals surface area contributed by atoms with E-state index in [1.165, 1.54) is 19.2 Å². The molecule has 11 nitrogen and oxygen atoms in total. The van der Waals surface area contributed by atoms with Crippen molar-refractivity contribution in [3.05, 3.63) is 98.3 Å². The number of nitro groups is 1. The normalized spacial score (nSPS) is 12.7. The first-order valence-electron chi connectivity index (χ1n) is 11.1. The van der Waals surface area contributed by atoms with Crippen molar-refractivity contribution >= 4 is 26.6 Å². The summed E-state index contributed by atoms with van der Waals surface area (Å²) in [5.74, 6) is 1.61. The quantitative estimate of drug-likeness (QED) is 0.273. The summed E-state index contributed by atoms with van der Waals surface area (Å²) in [5, 5.41) is 11.7. The summed E-state index contributed by atoms with van der Waals surface area (Å²) in [5.41, 5.74) is 0.701. The molecule has 0 atom stereocenters. The van der Waals surface area contributed by atoms with Crippen LogP contribution in [-0.4, -0.2) is 36.5 Å². The molecule has 0 aliphatic carbocycles. The van der Waals surface area contributed by atoms with Gasteiger partial charge in [0, 0.05) is 36.9 Å². The van der Waals surface area contributed by atoms with Crippen LogP contribution in [0.4, 0.5) is 5.69 Å². The SMILES string of the molecule is COc1ccc2cc(CN(Cc3ccc4c(c3)OCO4)S(=O)(=O)c3ccc([N+](=O)[O-])cc3)c(=O)[nH]c2c1. The van der Waals surface area contributed by atoms with Gasteiger partial charge in [0.1, 0.15) is 5.75 Å². The Labute approximate surface area is 211 Å². The van der Waals surface area contributed by atoms with Gasteiger partial charge in [-0.2, -0.15) is 4.31 Å². The number of hydrogen-bond donors (Lipinski definition) is 1. The van der Waals surface area contributed by atoms with Gasteiger partial charge in [-0.3, -0.25) is 14.9 Å². The van der Waals surface area contributed by atoms with Gasteiger partial charge in [0.15, 0.2) is 11.5 Å². The van der Waals surface area contributed by atoms with E-state index < -0.39 is 20.5 Å². The van der Waals surface area contributed by atoms with Crippen molar-refractivity contribution in [3.63, 3.8) is 0 Å².